The average Bonchev–Trinajstić information content (AvgIpc) is 3.35. The Kier molecular flexibility index (Phi) is 6.52. The van der Waals surface area contributed by atoms with Crippen molar-refractivity contribution in [2.24, 2.45) is 0 Å². The molecule has 49 heavy (non-hydrogen) atoms. The lowest BCUT2D eigenvalue weighted by Crippen LogP contribution is -2.14. The highest BCUT2D eigenvalue weighted by Crippen LogP contribution is 2.52. The molecule has 0 N–H and O–H groups in total. The number of hydrogen-bond acceptors (Lipinski definition) is 0. The fourth-order valence-corrected chi connectivity index (χ4v) is 8.77. The molecule has 0 saturated carbocycles. The minimum absolute atomic E-state index is 0.0280. The van der Waals surface area contributed by atoms with E-state index in [0.717, 1.165) is 0 Å². The first kappa shape index (κ1) is 29.7. The van der Waals surface area contributed by atoms with Gasteiger partial charge in [-0.05, 0) is 156 Å². The highest BCUT2D eigenvalue weighted by atomic mass is 14.4. The lowest BCUT2D eigenvalue weighted by molar-refractivity contribution is 0.660. The van der Waals surface area contributed by atoms with Crippen LogP contribution >= 0.6 is 0 Å². The average molecular weight is 629 g/mol. The minimum atomic E-state index is -0.0280. The first-order valence-electron chi connectivity index (χ1n) is 17.5. The Morgan fingerprint density at radius 1 is 0.367 bits per heavy atom. The predicted octanol–water partition coefficient (Wildman–Crippen LogP) is 13.7. The Morgan fingerprint density at radius 3 is 1.71 bits per heavy atom. The molecule has 0 aliphatic heterocycles. The molecule has 0 heterocycles. The number of benzene rings is 8. The standard InChI is InChI=1S/C49H40/c1-29-25-30(2)32(4)46(31(29)3)48-40-17-10-9-16-39(40)47(37-22-24-45-42(28-37)38-15-11-12-18-44(38)49(45,5)6)43-27-36(21-23-41(43)48)35-20-19-33-13-7-8-14-34(33)26-35/h7-28H,1-6H3. The molecule has 9 rings (SSSR count). The van der Waals surface area contributed by atoms with Gasteiger partial charge in [0.2, 0.25) is 0 Å². The van der Waals surface area contributed by atoms with Crippen molar-refractivity contribution in [1.82, 2.24) is 0 Å². The molecule has 0 saturated heterocycles. The Balaban J connectivity index is 1.41. The van der Waals surface area contributed by atoms with Crippen LogP contribution in [0.15, 0.2) is 133 Å². The molecule has 1 aliphatic carbocycles. The van der Waals surface area contributed by atoms with Crippen molar-refractivity contribution < 1.29 is 0 Å². The normalized spacial score (nSPS) is 13.3. The van der Waals surface area contributed by atoms with Crippen molar-refractivity contribution in [3.8, 4) is 44.5 Å². The summed E-state index contributed by atoms with van der Waals surface area (Å²) in [5, 5.41) is 7.73. The third-order valence-electron chi connectivity index (χ3n) is 11.6. The molecule has 8 aromatic rings. The molecule has 0 amide bonds. The number of rotatable bonds is 3. The van der Waals surface area contributed by atoms with Crippen LogP contribution in [0.2, 0.25) is 0 Å². The topological polar surface area (TPSA) is 0 Å². The highest BCUT2D eigenvalue weighted by molar-refractivity contribution is 6.22. The van der Waals surface area contributed by atoms with Gasteiger partial charge in [-0.1, -0.05) is 129 Å². The molecule has 0 radical (unpaired) electrons. The van der Waals surface area contributed by atoms with Gasteiger partial charge in [0.05, 0.1) is 0 Å². The lowest BCUT2D eigenvalue weighted by Gasteiger charge is -2.23. The maximum absolute atomic E-state index is 2.47. The van der Waals surface area contributed by atoms with Gasteiger partial charge in [-0.3, -0.25) is 0 Å². The summed E-state index contributed by atoms with van der Waals surface area (Å²) in [7, 11) is 0. The van der Waals surface area contributed by atoms with Gasteiger partial charge in [0.15, 0.2) is 0 Å². The van der Waals surface area contributed by atoms with Gasteiger partial charge in [0.1, 0.15) is 0 Å². The fraction of sp³-hybridized carbons (Fsp3) is 0.143. The summed E-state index contributed by atoms with van der Waals surface area (Å²) in [5.74, 6) is 0. The van der Waals surface area contributed by atoms with E-state index in [-0.39, 0.29) is 5.41 Å². The maximum atomic E-state index is 2.47. The number of aryl methyl sites for hydroxylation is 2. The maximum Gasteiger partial charge on any atom is 0.0158 e. The quantitative estimate of drug-likeness (QED) is 0.171. The number of fused-ring (bicyclic) bond motifs is 6. The van der Waals surface area contributed by atoms with E-state index in [0.29, 0.717) is 0 Å². The molecule has 8 aromatic carbocycles. The van der Waals surface area contributed by atoms with Gasteiger partial charge in [0, 0.05) is 5.41 Å². The largest absolute Gasteiger partial charge is 0.0619 e. The zero-order valence-corrected chi connectivity index (χ0v) is 29.2. The Labute approximate surface area is 289 Å². The van der Waals surface area contributed by atoms with Gasteiger partial charge in [-0.25, -0.2) is 0 Å². The van der Waals surface area contributed by atoms with Crippen LogP contribution in [-0.4, -0.2) is 0 Å². The van der Waals surface area contributed by atoms with E-state index in [1.807, 2.05) is 0 Å². The summed E-state index contributed by atoms with van der Waals surface area (Å²) >= 11 is 0. The van der Waals surface area contributed by atoms with Crippen molar-refractivity contribution >= 4 is 32.3 Å². The zero-order chi connectivity index (χ0) is 33.6. The smallest absolute Gasteiger partial charge is 0.0158 e. The third-order valence-corrected chi connectivity index (χ3v) is 11.6. The summed E-state index contributed by atoms with van der Waals surface area (Å²) in [5.41, 5.74) is 18.7. The second kappa shape index (κ2) is 10.8. The van der Waals surface area contributed by atoms with Crippen molar-refractivity contribution in [2.75, 3.05) is 0 Å². The molecule has 0 heteroatoms. The third kappa shape index (κ3) is 4.37. The molecule has 0 aromatic heterocycles. The monoisotopic (exact) mass is 628 g/mol. The molecule has 236 valence electrons. The summed E-state index contributed by atoms with van der Waals surface area (Å²) in [6, 6.07) is 50.4. The SMILES string of the molecule is Cc1cc(C)c(C)c(-c2c3ccccc3c(-c3ccc4c(c3)-c3ccccc3C4(C)C)c3cc(-c4ccc5ccccc5c4)ccc23)c1C. The summed E-state index contributed by atoms with van der Waals surface area (Å²) < 4.78 is 0. The van der Waals surface area contributed by atoms with E-state index in [9.17, 15) is 0 Å². The van der Waals surface area contributed by atoms with E-state index in [4.69, 9.17) is 0 Å². The van der Waals surface area contributed by atoms with Crippen molar-refractivity contribution in [3.05, 3.63) is 167 Å². The number of hydrogen-bond donors (Lipinski definition) is 0. The molecule has 0 unspecified atom stereocenters. The van der Waals surface area contributed by atoms with Crippen molar-refractivity contribution in [2.45, 2.75) is 47.0 Å². The van der Waals surface area contributed by atoms with Crippen LogP contribution < -0.4 is 0 Å². The van der Waals surface area contributed by atoms with Crippen LogP contribution in [-0.2, 0) is 5.41 Å². The summed E-state index contributed by atoms with van der Waals surface area (Å²) in [6.07, 6.45) is 0. The summed E-state index contributed by atoms with van der Waals surface area (Å²) in [4.78, 5) is 0. The van der Waals surface area contributed by atoms with Crippen LogP contribution in [0.3, 0.4) is 0 Å². The highest BCUT2D eigenvalue weighted by Gasteiger charge is 2.35. The zero-order valence-electron chi connectivity index (χ0n) is 29.2. The van der Waals surface area contributed by atoms with Gasteiger partial charge >= 0.3 is 0 Å². The molecule has 0 nitrogen and oxygen atoms in total. The van der Waals surface area contributed by atoms with E-state index >= 15 is 0 Å². The lowest BCUT2D eigenvalue weighted by atomic mass is 9.80. The van der Waals surface area contributed by atoms with Crippen LogP contribution in [0.1, 0.15) is 47.2 Å². The van der Waals surface area contributed by atoms with Gasteiger partial charge in [-0.2, -0.15) is 0 Å². The van der Waals surface area contributed by atoms with E-state index in [1.54, 1.807) is 0 Å². The second-order valence-electron chi connectivity index (χ2n) is 14.7. The molecule has 0 atom stereocenters. The molecule has 0 spiro atoms. The molecule has 1 aliphatic rings. The first-order chi connectivity index (χ1) is 23.7. The molecular weight excluding hydrogens is 589 g/mol. The Bertz CT molecular complexity index is 2640. The predicted molar refractivity (Wildman–Crippen MR) is 212 cm³/mol. The minimum Gasteiger partial charge on any atom is -0.0619 e. The van der Waals surface area contributed by atoms with Crippen molar-refractivity contribution in [1.29, 1.82) is 0 Å². The van der Waals surface area contributed by atoms with Crippen LogP contribution in [0.4, 0.5) is 0 Å². The van der Waals surface area contributed by atoms with Crippen molar-refractivity contribution in [3.63, 3.8) is 0 Å². The second-order valence-corrected chi connectivity index (χ2v) is 14.7. The summed E-state index contributed by atoms with van der Waals surface area (Å²) in [6.45, 7) is 13.8. The van der Waals surface area contributed by atoms with Crippen LogP contribution in [0.5, 0.6) is 0 Å². The molecule has 0 fully saturated rings. The van der Waals surface area contributed by atoms with E-state index < -0.39 is 0 Å². The Hall–Kier alpha value is -5.46. The van der Waals surface area contributed by atoms with Crippen LogP contribution in [0.25, 0.3) is 76.8 Å². The Morgan fingerprint density at radius 2 is 0.939 bits per heavy atom. The van der Waals surface area contributed by atoms with Gasteiger partial charge in [0.25, 0.3) is 0 Å². The van der Waals surface area contributed by atoms with Gasteiger partial charge in [-0.15, -0.1) is 0 Å². The first-order valence-corrected chi connectivity index (χ1v) is 17.5. The van der Waals surface area contributed by atoms with E-state index in [2.05, 4.69) is 175 Å². The molecular formula is C49H40. The fourth-order valence-electron chi connectivity index (χ4n) is 8.77. The van der Waals surface area contributed by atoms with E-state index in [1.165, 1.54) is 110 Å². The van der Waals surface area contributed by atoms with Crippen LogP contribution in [0, 0.1) is 27.7 Å². The van der Waals surface area contributed by atoms with Gasteiger partial charge < -0.3 is 0 Å². The molecule has 0 bridgehead atoms.